The molecule has 0 saturated heterocycles. The third kappa shape index (κ3) is 2.93. The minimum Gasteiger partial charge on any atom is -0.315 e. The molecule has 1 aromatic rings. The molecule has 102 valence electrons. The van der Waals surface area contributed by atoms with Gasteiger partial charge in [-0.15, -0.1) is 0 Å². The summed E-state index contributed by atoms with van der Waals surface area (Å²) in [6.45, 7) is 0. The number of aryl methyl sites for hydroxylation is 2. The number of fused-ring (bicyclic) bond motifs is 1. The number of hydrogen-bond acceptors (Lipinski definition) is 3. The molecule has 1 aliphatic heterocycles. The first-order valence-corrected chi connectivity index (χ1v) is 6.38. The standard InChI is InChI=1S/C14H19N3O2/c1-16-12-6-3-10(4-7-14(19)17(2)15)9-11(12)5-8-13(16)18/h3,6,9H,4-5,7-8,15H2,1-2H3. The van der Waals surface area contributed by atoms with E-state index in [1.54, 1.807) is 19.0 Å². The van der Waals surface area contributed by atoms with Crippen molar-refractivity contribution < 1.29 is 9.59 Å². The number of nitrogens with zero attached hydrogens (tertiary/aromatic N) is 2. The maximum Gasteiger partial charge on any atom is 0.236 e. The van der Waals surface area contributed by atoms with Crippen LogP contribution in [0.3, 0.4) is 0 Å². The summed E-state index contributed by atoms with van der Waals surface area (Å²) < 4.78 is 0. The van der Waals surface area contributed by atoms with Crippen molar-refractivity contribution in [3.63, 3.8) is 0 Å². The smallest absolute Gasteiger partial charge is 0.236 e. The summed E-state index contributed by atoms with van der Waals surface area (Å²) in [7, 11) is 3.35. The van der Waals surface area contributed by atoms with Gasteiger partial charge in [-0.25, -0.2) is 5.84 Å². The highest BCUT2D eigenvalue weighted by Gasteiger charge is 2.20. The van der Waals surface area contributed by atoms with Crippen LogP contribution in [0, 0.1) is 0 Å². The van der Waals surface area contributed by atoms with Crippen LogP contribution >= 0.6 is 0 Å². The molecule has 0 radical (unpaired) electrons. The molecule has 0 atom stereocenters. The second kappa shape index (κ2) is 5.40. The maximum absolute atomic E-state index is 11.6. The lowest BCUT2D eigenvalue weighted by molar-refractivity contribution is -0.130. The van der Waals surface area contributed by atoms with Gasteiger partial charge < -0.3 is 4.90 Å². The lowest BCUT2D eigenvalue weighted by Crippen LogP contribution is -2.33. The monoisotopic (exact) mass is 261 g/mol. The van der Waals surface area contributed by atoms with Gasteiger partial charge in [-0.05, 0) is 30.0 Å². The fourth-order valence-corrected chi connectivity index (χ4v) is 2.29. The van der Waals surface area contributed by atoms with Crippen molar-refractivity contribution in [2.24, 2.45) is 5.84 Å². The van der Waals surface area contributed by atoms with Gasteiger partial charge in [-0.2, -0.15) is 0 Å². The molecule has 2 amide bonds. The molecular formula is C14H19N3O2. The Labute approximate surface area is 112 Å². The Morgan fingerprint density at radius 2 is 2.16 bits per heavy atom. The predicted octanol–water partition coefficient (Wildman–Crippen LogP) is 0.860. The number of anilines is 1. The first-order valence-electron chi connectivity index (χ1n) is 6.38. The van der Waals surface area contributed by atoms with E-state index in [-0.39, 0.29) is 11.8 Å². The molecule has 0 spiro atoms. The van der Waals surface area contributed by atoms with E-state index in [0.29, 0.717) is 19.3 Å². The molecule has 1 heterocycles. The quantitative estimate of drug-likeness (QED) is 0.498. The van der Waals surface area contributed by atoms with Crippen LogP contribution in [0.25, 0.3) is 0 Å². The van der Waals surface area contributed by atoms with E-state index in [4.69, 9.17) is 5.84 Å². The van der Waals surface area contributed by atoms with Gasteiger partial charge in [0.25, 0.3) is 0 Å². The zero-order valence-corrected chi connectivity index (χ0v) is 11.3. The summed E-state index contributed by atoms with van der Waals surface area (Å²) >= 11 is 0. The average molecular weight is 261 g/mol. The van der Waals surface area contributed by atoms with Gasteiger partial charge in [0.05, 0.1) is 0 Å². The van der Waals surface area contributed by atoms with Crippen LogP contribution in [0.2, 0.25) is 0 Å². The zero-order chi connectivity index (χ0) is 14.0. The Morgan fingerprint density at radius 3 is 2.84 bits per heavy atom. The molecule has 2 N–H and O–H groups in total. The van der Waals surface area contributed by atoms with Crippen molar-refractivity contribution in [1.82, 2.24) is 5.01 Å². The zero-order valence-electron chi connectivity index (χ0n) is 11.3. The molecule has 0 bridgehead atoms. The SMILES string of the molecule is CN(N)C(=O)CCc1ccc2c(c1)CCC(=O)N2C. The van der Waals surface area contributed by atoms with Gasteiger partial charge in [-0.3, -0.25) is 14.6 Å². The molecular weight excluding hydrogens is 242 g/mol. The van der Waals surface area contributed by atoms with Crippen LogP contribution in [0.5, 0.6) is 0 Å². The van der Waals surface area contributed by atoms with Gasteiger partial charge in [0, 0.05) is 32.6 Å². The fraction of sp³-hybridized carbons (Fsp3) is 0.429. The van der Waals surface area contributed by atoms with E-state index in [9.17, 15) is 9.59 Å². The minimum atomic E-state index is -0.0787. The van der Waals surface area contributed by atoms with Crippen LogP contribution in [-0.4, -0.2) is 30.9 Å². The number of benzene rings is 1. The second-order valence-electron chi connectivity index (χ2n) is 4.92. The number of hydrazine groups is 1. The fourth-order valence-electron chi connectivity index (χ4n) is 2.29. The first kappa shape index (κ1) is 13.5. The molecule has 0 unspecified atom stereocenters. The summed E-state index contributed by atoms with van der Waals surface area (Å²) in [5.74, 6) is 5.46. The average Bonchev–Trinajstić information content (AvgIpc) is 2.40. The van der Waals surface area contributed by atoms with Crippen molar-refractivity contribution in [3.05, 3.63) is 29.3 Å². The molecule has 2 rings (SSSR count). The summed E-state index contributed by atoms with van der Waals surface area (Å²) in [6.07, 6.45) is 2.40. The van der Waals surface area contributed by atoms with Gasteiger partial charge in [0.15, 0.2) is 0 Å². The normalized spacial score (nSPS) is 14.3. The van der Waals surface area contributed by atoms with Crippen molar-refractivity contribution in [3.8, 4) is 0 Å². The molecule has 0 aromatic heterocycles. The molecule has 0 saturated carbocycles. The largest absolute Gasteiger partial charge is 0.315 e. The Bertz CT molecular complexity index is 511. The number of rotatable bonds is 3. The van der Waals surface area contributed by atoms with Gasteiger partial charge in [-0.1, -0.05) is 12.1 Å². The lowest BCUT2D eigenvalue weighted by atomic mass is 9.97. The van der Waals surface area contributed by atoms with Gasteiger partial charge in [0.2, 0.25) is 11.8 Å². The molecule has 5 nitrogen and oxygen atoms in total. The third-order valence-corrected chi connectivity index (χ3v) is 3.51. The highest BCUT2D eigenvalue weighted by Crippen LogP contribution is 2.27. The van der Waals surface area contributed by atoms with E-state index in [1.165, 1.54) is 5.56 Å². The summed E-state index contributed by atoms with van der Waals surface area (Å²) in [5, 5.41) is 1.12. The number of hydrogen-bond donors (Lipinski definition) is 1. The summed E-state index contributed by atoms with van der Waals surface area (Å²) in [6, 6.07) is 6.01. The van der Waals surface area contributed by atoms with E-state index in [2.05, 4.69) is 6.07 Å². The van der Waals surface area contributed by atoms with Gasteiger partial charge >= 0.3 is 0 Å². The topological polar surface area (TPSA) is 66.6 Å². The maximum atomic E-state index is 11.6. The van der Waals surface area contributed by atoms with E-state index >= 15 is 0 Å². The predicted molar refractivity (Wildman–Crippen MR) is 73.5 cm³/mol. The van der Waals surface area contributed by atoms with Crippen LogP contribution in [0.4, 0.5) is 5.69 Å². The summed E-state index contributed by atoms with van der Waals surface area (Å²) in [5.41, 5.74) is 3.26. The first-order chi connectivity index (χ1) is 8.99. The van der Waals surface area contributed by atoms with E-state index in [1.807, 2.05) is 12.1 Å². The number of nitrogens with two attached hydrogens (primary N) is 1. The van der Waals surface area contributed by atoms with Crippen LogP contribution in [-0.2, 0) is 22.4 Å². The number of amides is 2. The minimum absolute atomic E-state index is 0.0787. The Hall–Kier alpha value is -1.88. The van der Waals surface area contributed by atoms with Crippen LogP contribution in [0.1, 0.15) is 24.0 Å². The third-order valence-electron chi connectivity index (χ3n) is 3.51. The highest BCUT2D eigenvalue weighted by molar-refractivity contribution is 5.95. The lowest BCUT2D eigenvalue weighted by Gasteiger charge is -2.26. The van der Waals surface area contributed by atoms with Crippen molar-refractivity contribution in [1.29, 1.82) is 0 Å². The molecule has 0 aliphatic carbocycles. The molecule has 0 fully saturated rings. The highest BCUT2D eigenvalue weighted by atomic mass is 16.2. The molecule has 1 aromatic carbocycles. The Kier molecular flexibility index (Phi) is 3.85. The number of carbonyl (C=O) groups excluding carboxylic acids is 2. The van der Waals surface area contributed by atoms with Gasteiger partial charge in [0.1, 0.15) is 0 Å². The Morgan fingerprint density at radius 1 is 1.42 bits per heavy atom. The molecule has 19 heavy (non-hydrogen) atoms. The molecule has 5 heteroatoms. The van der Waals surface area contributed by atoms with E-state index < -0.39 is 0 Å². The summed E-state index contributed by atoms with van der Waals surface area (Å²) in [4.78, 5) is 24.7. The van der Waals surface area contributed by atoms with Crippen molar-refractivity contribution >= 4 is 17.5 Å². The number of carbonyl (C=O) groups is 2. The van der Waals surface area contributed by atoms with Crippen molar-refractivity contribution in [2.75, 3.05) is 19.0 Å². The van der Waals surface area contributed by atoms with Crippen molar-refractivity contribution in [2.45, 2.75) is 25.7 Å². The molecule has 1 aliphatic rings. The van der Waals surface area contributed by atoms with Crippen LogP contribution in [0.15, 0.2) is 18.2 Å². The van der Waals surface area contributed by atoms with E-state index in [0.717, 1.165) is 22.7 Å². The van der Waals surface area contributed by atoms with Crippen LogP contribution < -0.4 is 10.7 Å². The Balaban J connectivity index is 2.09. The second-order valence-corrected chi connectivity index (χ2v) is 4.92.